The normalized spacial score (nSPS) is 26.0. The van der Waals surface area contributed by atoms with Crippen molar-refractivity contribution >= 4 is 15.9 Å². The molecule has 1 saturated carbocycles. The number of nitrogens with two attached hydrogens (primary N) is 1. The molecule has 0 unspecified atom stereocenters. The minimum absolute atomic E-state index is 0.452. The standard InChI is InChI=1S/C16H20BrN3O/c1-2-11-7-9-16(18,10-8-11)15-19-14(20-21-15)12-3-5-13(17)6-4-12/h3-6,11H,2,7-10,18H2,1H3. The predicted octanol–water partition coefficient (Wildman–Crippen LogP) is 4.25. The van der Waals surface area contributed by atoms with Gasteiger partial charge in [-0.1, -0.05) is 34.4 Å². The highest BCUT2D eigenvalue weighted by Crippen LogP contribution is 2.38. The Morgan fingerprint density at radius 2 is 1.95 bits per heavy atom. The van der Waals surface area contributed by atoms with Crippen molar-refractivity contribution in [2.24, 2.45) is 11.7 Å². The van der Waals surface area contributed by atoms with Crippen LogP contribution in [0.1, 0.15) is 44.9 Å². The van der Waals surface area contributed by atoms with Gasteiger partial charge < -0.3 is 10.3 Å². The van der Waals surface area contributed by atoms with Crippen LogP contribution in [0.3, 0.4) is 0 Å². The van der Waals surface area contributed by atoms with Crippen LogP contribution in [0, 0.1) is 5.92 Å². The molecule has 1 aromatic carbocycles. The van der Waals surface area contributed by atoms with Crippen LogP contribution in [0.4, 0.5) is 0 Å². The molecular weight excluding hydrogens is 330 g/mol. The van der Waals surface area contributed by atoms with Crippen molar-refractivity contribution in [1.82, 2.24) is 10.1 Å². The summed E-state index contributed by atoms with van der Waals surface area (Å²) in [6, 6.07) is 7.87. The fourth-order valence-electron chi connectivity index (χ4n) is 2.96. The topological polar surface area (TPSA) is 64.9 Å². The fraction of sp³-hybridized carbons (Fsp3) is 0.500. The molecule has 0 radical (unpaired) electrons. The van der Waals surface area contributed by atoms with E-state index in [-0.39, 0.29) is 0 Å². The Morgan fingerprint density at radius 3 is 2.57 bits per heavy atom. The molecule has 21 heavy (non-hydrogen) atoms. The molecule has 0 aliphatic heterocycles. The minimum atomic E-state index is -0.452. The lowest BCUT2D eigenvalue weighted by Gasteiger charge is -2.33. The predicted molar refractivity (Wildman–Crippen MR) is 85.5 cm³/mol. The molecule has 112 valence electrons. The van der Waals surface area contributed by atoms with E-state index < -0.39 is 5.54 Å². The van der Waals surface area contributed by atoms with Gasteiger partial charge in [-0.2, -0.15) is 4.98 Å². The molecule has 4 nitrogen and oxygen atoms in total. The SMILES string of the molecule is CCC1CCC(N)(c2nc(-c3ccc(Br)cc3)no2)CC1. The second-order valence-electron chi connectivity index (χ2n) is 5.94. The third-order valence-corrected chi connectivity index (χ3v) is 5.06. The zero-order valence-electron chi connectivity index (χ0n) is 12.2. The smallest absolute Gasteiger partial charge is 0.247 e. The fourth-order valence-corrected chi connectivity index (χ4v) is 3.22. The van der Waals surface area contributed by atoms with Crippen molar-refractivity contribution < 1.29 is 4.52 Å². The molecule has 2 aromatic rings. The molecule has 0 bridgehead atoms. The van der Waals surface area contributed by atoms with E-state index in [1.165, 1.54) is 6.42 Å². The molecular formula is C16H20BrN3O. The van der Waals surface area contributed by atoms with Gasteiger partial charge in [-0.15, -0.1) is 0 Å². The number of nitrogens with zero attached hydrogens (tertiary/aromatic N) is 2. The van der Waals surface area contributed by atoms with Gasteiger partial charge in [-0.25, -0.2) is 0 Å². The highest BCUT2D eigenvalue weighted by Gasteiger charge is 2.37. The number of benzene rings is 1. The summed E-state index contributed by atoms with van der Waals surface area (Å²) in [6.07, 6.45) is 5.36. The molecule has 3 rings (SSSR count). The first kappa shape index (κ1) is 14.7. The van der Waals surface area contributed by atoms with Crippen molar-refractivity contribution in [1.29, 1.82) is 0 Å². The van der Waals surface area contributed by atoms with E-state index in [2.05, 4.69) is 33.0 Å². The highest BCUT2D eigenvalue weighted by atomic mass is 79.9. The third kappa shape index (κ3) is 3.04. The Morgan fingerprint density at radius 1 is 1.29 bits per heavy atom. The molecule has 0 spiro atoms. The maximum absolute atomic E-state index is 6.51. The van der Waals surface area contributed by atoms with Crippen LogP contribution in [0.25, 0.3) is 11.4 Å². The molecule has 1 aliphatic carbocycles. The van der Waals surface area contributed by atoms with E-state index in [1.54, 1.807) is 0 Å². The first-order valence-corrected chi connectivity index (χ1v) is 8.29. The number of hydrogen-bond acceptors (Lipinski definition) is 4. The Bertz CT molecular complexity index is 600. The van der Waals surface area contributed by atoms with Crippen molar-refractivity contribution in [2.45, 2.75) is 44.6 Å². The van der Waals surface area contributed by atoms with Gasteiger partial charge in [0.15, 0.2) is 0 Å². The third-order valence-electron chi connectivity index (χ3n) is 4.53. The number of aromatic nitrogens is 2. The van der Waals surface area contributed by atoms with E-state index in [9.17, 15) is 0 Å². The summed E-state index contributed by atoms with van der Waals surface area (Å²) in [5.74, 6) is 1.98. The molecule has 0 amide bonds. The first-order chi connectivity index (χ1) is 10.1. The molecule has 1 aliphatic rings. The van der Waals surface area contributed by atoms with Crippen molar-refractivity contribution in [3.8, 4) is 11.4 Å². The molecule has 1 aromatic heterocycles. The summed E-state index contributed by atoms with van der Waals surface area (Å²) in [5.41, 5.74) is 7.00. The van der Waals surface area contributed by atoms with Gasteiger partial charge in [-0.05, 0) is 55.9 Å². The van der Waals surface area contributed by atoms with Crippen LogP contribution in [0.5, 0.6) is 0 Å². The van der Waals surface area contributed by atoms with Crippen LogP contribution in [0.2, 0.25) is 0 Å². The summed E-state index contributed by atoms with van der Waals surface area (Å²) >= 11 is 3.42. The lowest BCUT2D eigenvalue weighted by Crippen LogP contribution is -2.40. The minimum Gasteiger partial charge on any atom is -0.337 e. The maximum Gasteiger partial charge on any atom is 0.247 e. The van der Waals surface area contributed by atoms with Crippen LogP contribution >= 0.6 is 15.9 Å². The van der Waals surface area contributed by atoms with Crippen LogP contribution in [0.15, 0.2) is 33.3 Å². The van der Waals surface area contributed by atoms with E-state index in [4.69, 9.17) is 10.3 Å². The largest absolute Gasteiger partial charge is 0.337 e. The van der Waals surface area contributed by atoms with Crippen LogP contribution < -0.4 is 5.73 Å². The van der Waals surface area contributed by atoms with Gasteiger partial charge in [0.2, 0.25) is 11.7 Å². The zero-order chi connectivity index (χ0) is 14.9. The monoisotopic (exact) mass is 349 g/mol. The molecule has 5 heteroatoms. The summed E-state index contributed by atoms with van der Waals surface area (Å²) in [4.78, 5) is 4.54. The van der Waals surface area contributed by atoms with E-state index in [1.807, 2.05) is 24.3 Å². The van der Waals surface area contributed by atoms with Crippen molar-refractivity contribution in [2.75, 3.05) is 0 Å². The van der Waals surface area contributed by atoms with Gasteiger partial charge in [0.1, 0.15) is 0 Å². The summed E-state index contributed by atoms with van der Waals surface area (Å²) in [5, 5.41) is 4.09. The Balaban J connectivity index is 1.80. The molecule has 0 atom stereocenters. The van der Waals surface area contributed by atoms with Gasteiger partial charge in [0.05, 0.1) is 5.54 Å². The van der Waals surface area contributed by atoms with Gasteiger partial charge in [0.25, 0.3) is 0 Å². The second kappa shape index (κ2) is 5.89. The first-order valence-electron chi connectivity index (χ1n) is 7.50. The quantitative estimate of drug-likeness (QED) is 0.899. The molecule has 0 saturated heterocycles. The second-order valence-corrected chi connectivity index (χ2v) is 6.85. The lowest BCUT2D eigenvalue weighted by molar-refractivity contribution is 0.181. The molecule has 2 N–H and O–H groups in total. The number of halogens is 1. The average molecular weight is 350 g/mol. The van der Waals surface area contributed by atoms with Gasteiger partial charge in [0, 0.05) is 10.0 Å². The Labute approximate surface area is 133 Å². The van der Waals surface area contributed by atoms with Gasteiger partial charge in [-0.3, -0.25) is 0 Å². The zero-order valence-corrected chi connectivity index (χ0v) is 13.8. The molecule has 1 heterocycles. The van der Waals surface area contributed by atoms with Crippen molar-refractivity contribution in [3.63, 3.8) is 0 Å². The Hall–Kier alpha value is -1.20. The number of hydrogen-bond donors (Lipinski definition) is 1. The molecule has 1 fully saturated rings. The Kier molecular flexibility index (Phi) is 4.13. The van der Waals surface area contributed by atoms with E-state index in [0.29, 0.717) is 11.7 Å². The summed E-state index contributed by atoms with van der Waals surface area (Å²) < 4.78 is 6.49. The lowest BCUT2D eigenvalue weighted by atomic mass is 9.76. The van der Waals surface area contributed by atoms with E-state index >= 15 is 0 Å². The van der Waals surface area contributed by atoms with Crippen molar-refractivity contribution in [3.05, 3.63) is 34.6 Å². The van der Waals surface area contributed by atoms with E-state index in [0.717, 1.165) is 41.6 Å². The van der Waals surface area contributed by atoms with Crippen LogP contribution in [-0.2, 0) is 5.54 Å². The highest BCUT2D eigenvalue weighted by molar-refractivity contribution is 9.10. The van der Waals surface area contributed by atoms with Crippen LogP contribution in [-0.4, -0.2) is 10.1 Å². The van der Waals surface area contributed by atoms with Gasteiger partial charge >= 0.3 is 0 Å². The summed E-state index contributed by atoms with van der Waals surface area (Å²) in [7, 11) is 0. The number of rotatable bonds is 3. The summed E-state index contributed by atoms with van der Waals surface area (Å²) in [6.45, 7) is 2.24. The maximum atomic E-state index is 6.51. The average Bonchev–Trinajstić information content (AvgIpc) is 2.99.